The van der Waals surface area contributed by atoms with Gasteiger partial charge in [-0.3, -0.25) is 0 Å². The van der Waals surface area contributed by atoms with E-state index in [4.69, 9.17) is 4.74 Å². The Morgan fingerprint density at radius 1 is 1.33 bits per heavy atom. The Kier molecular flexibility index (Phi) is 5.40. The summed E-state index contributed by atoms with van der Waals surface area (Å²) in [5, 5.41) is 3.14. The van der Waals surface area contributed by atoms with Crippen LogP contribution in [-0.2, 0) is 6.54 Å². The maximum absolute atomic E-state index is 12.0. The molecule has 18 heavy (non-hydrogen) atoms. The van der Waals surface area contributed by atoms with Crippen LogP contribution < -0.4 is 10.1 Å². The smallest absolute Gasteiger partial charge is 0.392 e. The molecule has 1 rings (SSSR count). The molecule has 0 aliphatic rings. The van der Waals surface area contributed by atoms with Gasteiger partial charge < -0.3 is 10.1 Å². The molecule has 102 valence electrons. The number of nitrogens with one attached hydrogen (secondary N) is 1. The summed E-state index contributed by atoms with van der Waals surface area (Å²) in [5.74, 6) is 0.243. The summed E-state index contributed by atoms with van der Waals surface area (Å²) < 4.78 is 40.9. The molecule has 0 saturated carbocycles. The monoisotopic (exact) mass is 262 g/mol. The van der Waals surface area contributed by atoms with Crippen molar-refractivity contribution in [2.45, 2.75) is 33.0 Å². The Morgan fingerprint density at radius 3 is 2.67 bits per heavy atom. The predicted molar refractivity (Wildman–Crippen MR) is 62.5 cm³/mol. The van der Waals surface area contributed by atoms with Gasteiger partial charge in [0.2, 0.25) is 5.88 Å². The molecule has 1 heterocycles. The summed E-state index contributed by atoms with van der Waals surface area (Å²) in [5.41, 5.74) is 1.68. The topological polar surface area (TPSA) is 34.2 Å². The fourth-order valence-corrected chi connectivity index (χ4v) is 1.42. The van der Waals surface area contributed by atoms with Crippen LogP contribution >= 0.6 is 0 Å². The first-order valence-electron chi connectivity index (χ1n) is 5.78. The third kappa shape index (κ3) is 5.86. The van der Waals surface area contributed by atoms with E-state index in [0.717, 1.165) is 17.8 Å². The maximum atomic E-state index is 12.0. The van der Waals surface area contributed by atoms with Crippen LogP contribution in [0, 0.1) is 6.92 Å². The molecular weight excluding hydrogens is 245 g/mol. The number of hydrogen-bond acceptors (Lipinski definition) is 3. The Bertz CT molecular complexity index is 380. The fourth-order valence-electron chi connectivity index (χ4n) is 1.42. The summed E-state index contributed by atoms with van der Waals surface area (Å²) in [6, 6.07) is 3.53. The van der Waals surface area contributed by atoms with Crippen molar-refractivity contribution in [3.05, 3.63) is 23.4 Å². The van der Waals surface area contributed by atoms with E-state index in [0.29, 0.717) is 6.54 Å². The third-order valence-corrected chi connectivity index (χ3v) is 2.20. The molecule has 0 fully saturated rings. The third-order valence-electron chi connectivity index (χ3n) is 2.20. The minimum atomic E-state index is -4.20. The van der Waals surface area contributed by atoms with Crippen LogP contribution in [0.5, 0.6) is 5.88 Å². The average molecular weight is 262 g/mol. The van der Waals surface area contributed by atoms with Gasteiger partial charge in [-0.15, -0.1) is 0 Å². The molecule has 1 aromatic heterocycles. The SMILES string of the molecule is CCNCc1cc(C)nc(OCCC(F)(F)F)c1. The van der Waals surface area contributed by atoms with Crippen molar-refractivity contribution < 1.29 is 17.9 Å². The maximum Gasteiger partial charge on any atom is 0.392 e. The zero-order chi connectivity index (χ0) is 13.6. The van der Waals surface area contributed by atoms with E-state index in [2.05, 4.69) is 10.3 Å². The lowest BCUT2D eigenvalue weighted by Crippen LogP contribution is -2.14. The number of pyridine rings is 1. The van der Waals surface area contributed by atoms with Crippen molar-refractivity contribution in [1.82, 2.24) is 10.3 Å². The number of hydrogen-bond donors (Lipinski definition) is 1. The van der Waals surface area contributed by atoms with E-state index in [1.54, 1.807) is 13.0 Å². The van der Waals surface area contributed by atoms with Crippen LogP contribution in [0.15, 0.2) is 12.1 Å². The predicted octanol–water partition coefficient (Wildman–Crippen LogP) is 2.83. The molecule has 1 aromatic rings. The summed E-state index contributed by atoms with van der Waals surface area (Å²) in [4.78, 5) is 4.04. The van der Waals surface area contributed by atoms with Crippen molar-refractivity contribution in [2.75, 3.05) is 13.2 Å². The lowest BCUT2D eigenvalue weighted by molar-refractivity contribution is -0.139. The minimum Gasteiger partial charge on any atom is -0.477 e. The molecule has 0 unspecified atom stereocenters. The summed E-state index contributed by atoms with van der Waals surface area (Å²) in [6.45, 7) is 4.84. The standard InChI is InChI=1S/C12H17F3N2O/c1-3-16-8-10-6-9(2)17-11(7-10)18-5-4-12(13,14)15/h6-7,16H,3-5,8H2,1-2H3. The highest BCUT2D eigenvalue weighted by Gasteiger charge is 2.26. The van der Waals surface area contributed by atoms with E-state index in [-0.39, 0.29) is 5.88 Å². The lowest BCUT2D eigenvalue weighted by Gasteiger charge is -2.10. The second kappa shape index (κ2) is 6.58. The molecule has 0 radical (unpaired) electrons. The highest BCUT2D eigenvalue weighted by molar-refractivity contribution is 5.24. The minimum absolute atomic E-state index is 0.243. The number of halogens is 3. The van der Waals surface area contributed by atoms with Crippen molar-refractivity contribution >= 4 is 0 Å². The molecule has 6 heteroatoms. The molecule has 0 saturated heterocycles. The molecule has 0 aliphatic carbocycles. The van der Waals surface area contributed by atoms with Crippen molar-refractivity contribution in [3.8, 4) is 5.88 Å². The van der Waals surface area contributed by atoms with E-state index in [1.165, 1.54) is 0 Å². The number of alkyl halides is 3. The molecule has 1 N–H and O–H groups in total. The molecule has 0 amide bonds. The van der Waals surface area contributed by atoms with E-state index in [9.17, 15) is 13.2 Å². The Balaban J connectivity index is 2.57. The van der Waals surface area contributed by atoms with Crippen molar-refractivity contribution in [1.29, 1.82) is 0 Å². The number of ether oxygens (including phenoxy) is 1. The van der Waals surface area contributed by atoms with Gasteiger partial charge in [0.15, 0.2) is 0 Å². The zero-order valence-electron chi connectivity index (χ0n) is 10.5. The van der Waals surface area contributed by atoms with Gasteiger partial charge >= 0.3 is 6.18 Å². The van der Waals surface area contributed by atoms with Gasteiger partial charge in [0.25, 0.3) is 0 Å². The van der Waals surface area contributed by atoms with Crippen LogP contribution in [0.4, 0.5) is 13.2 Å². The van der Waals surface area contributed by atoms with Crippen LogP contribution in [0.2, 0.25) is 0 Å². The molecule has 0 aliphatic heterocycles. The van der Waals surface area contributed by atoms with E-state index < -0.39 is 19.2 Å². The van der Waals surface area contributed by atoms with Gasteiger partial charge in [0.05, 0.1) is 13.0 Å². The van der Waals surface area contributed by atoms with Gasteiger partial charge in [-0.25, -0.2) is 4.98 Å². The molecule has 0 aromatic carbocycles. The van der Waals surface area contributed by atoms with Crippen LogP contribution in [0.3, 0.4) is 0 Å². The Labute approximate surface area is 104 Å². The van der Waals surface area contributed by atoms with Gasteiger partial charge in [-0.05, 0) is 25.1 Å². The molecule has 3 nitrogen and oxygen atoms in total. The van der Waals surface area contributed by atoms with Crippen LogP contribution in [0.1, 0.15) is 24.6 Å². The highest BCUT2D eigenvalue weighted by atomic mass is 19.4. The van der Waals surface area contributed by atoms with Gasteiger partial charge in [-0.1, -0.05) is 6.92 Å². The first-order valence-corrected chi connectivity index (χ1v) is 5.78. The molecular formula is C12H17F3N2O. The number of rotatable bonds is 6. The van der Waals surface area contributed by atoms with Gasteiger partial charge in [0, 0.05) is 18.3 Å². The quantitative estimate of drug-likeness (QED) is 0.856. The van der Waals surface area contributed by atoms with Crippen molar-refractivity contribution in [2.24, 2.45) is 0 Å². The second-order valence-corrected chi connectivity index (χ2v) is 3.95. The van der Waals surface area contributed by atoms with E-state index >= 15 is 0 Å². The fraction of sp³-hybridized carbons (Fsp3) is 0.583. The number of aryl methyl sites for hydroxylation is 1. The van der Waals surface area contributed by atoms with Crippen molar-refractivity contribution in [3.63, 3.8) is 0 Å². The summed E-state index contributed by atoms with van der Waals surface area (Å²) in [7, 11) is 0. The average Bonchev–Trinajstić information content (AvgIpc) is 2.24. The summed E-state index contributed by atoms with van der Waals surface area (Å²) >= 11 is 0. The number of aromatic nitrogens is 1. The normalized spacial score (nSPS) is 11.6. The molecule has 0 atom stereocenters. The largest absolute Gasteiger partial charge is 0.477 e. The van der Waals surface area contributed by atoms with E-state index in [1.807, 2.05) is 13.0 Å². The summed E-state index contributed by atoms with van der Waals surface area (Å²) in [6.07, 6.45) is -5.17. The lowest BCUT2D eigenvalue weighted by atomic mass is 10.2. The molecule has 0 spiro atoms. The van der Waals surface area contributed by atoms with Crippen LogP contribution in [0.25, 0.3) is 0 Å². The first-order chi connectivity index (χ1) is 8.40. The zero-order valence-corrected chi connectivity index (χ0v) is 10.5. The Morgan fingerprint density at radius 2 is 2.06 bits per heavy atom. The molecule has 0 bridgehead atoms. The second-order valence-electron chi connectivity index (χ2n) is 3.95. The van der Waals surface area contributed by atoms with Crippen LogP contribution in [-0.4, -0.2) is 24.3 Å². The number of nitrogens with zero attached hydrogens (tertiary/aromatic N) is 1. The highest BCUT2D eigenvalue weighted by Crippen LogP contribution is 2.20. The van der Waals surface area contributed by atoms with Gasteiger partial charge in [0.1, 0.15) is 0 Å². The van der Waals surface area contributed by atoms with Gasteiger partial charge in [-0.2, -0.15) is 13.2 Å². The first kappa shape index (κ1) is 14.8. The Hall–Kier alpha value is -1.30.